The molecule has 0 amide bonds. The zero-order valence-corrected chi connectivity index (χ0v) is 8.47. The predicted molar refractivity (Wildman–Crippen MR) is 51.2 cm³/mol. The number of rotatable bonds is 5. The SMILES string of the molecule is COCCC(C(C)C)C1CNC1. The van der Waals surface area contributed by atoms with Crippen LogP contribution in [0.15, 0.2) is 0 Å². The summed E-state index contributed by atoms with van der Waals surface area (Å²) in [6.07, 6.45) is 1.22. The molecule has 1 aliphatic heterocycles. The lowest BCUT2D eigenvalue weighted by Gasteiger charge is -2.37. The molecule has 1 atom stereocenters. The molecule has 0 aliphatic carbocycles. The summed E-state index contributed by atoms with van der Waals surface area (Å²) in [6.45, 7) is 7.98. The van der Waals surface area contributed by atoms with Gasteiger partial charge in [-0.3, -0.25) is 0 Å². The van der Waals surface area contributed by atoms with E-state index in [0.717, 1.165) is 24.4 Å². The zero-order valence-electron chi connectivity index (χ0n) is 8.47. The number of nitrogens with one attached hydrogen (secondary N) is 1. The van der Waals surface area contributed by atoms with Crippen LogP contribution in [0, 0.1) is 17.8 Å². The van der Waals surface area contributed by atoms with Gasteiger partial charge in [0.2, 0.25) is 0 Å². The fraction of sp³-hybridized carbons (Fsp3) is 1.00. The van der Waals surface area contributed by atoms with Crippen LogP contribution in [0.2, 0.25) is 0 Å². The first-order chi connectivity index (χ1) is 5.75. The molecule has 1 aliphatic rings. The van der Waals surface area contributed by atoms with Crippen LogP contribution in [-0.2, 0) is 4.74 Å². The van der Waals surface area contributed by atoms with Crippen molar-refractivity contribution in [3.05, 3.63) is 0 Å². The Labute approximate surface area is 75.7 Å². The molecule has 1 saturated heterocycles. The molecule has 1 N–H and O–H groups in total. The van der Waals surface area contributed by atoms with Gasteiger partial charge in [0.25, 0.3) is 0 Å². The van der Waals surface area contributed by atoms with Crippen LogP contribution in [0.25, 0.3) is 0 Å². The summed E-state index contributed by atoms with van der Waals surface area (Å²) >= 11 is 0. The van der Waals surface area contributed by atoms with E-state index in [-0.39, 0.29) is 0 Å². The molecule has 1 rings (SSSR count). The van der Waals surface area contributed by atoms with Crippen molar-refractivity contribution < 1.29 is 4.74 Å². The highest BCUT2D eigenvalue weighted by atomic mass is 16.5. The molecule has 12 heavy (non-hydrogen) atoms. The molecule has 0 spiro atoms. The molecule has 1 unspecified atom stereocenters. The van der Waals surface area contributed by atoms with E-state index >= 15 is 0 Å². The van der Waals surface area contributed by atoms with Gasteiger partial charge in [-0.2, -0.15) is 0 Å². The van der Waals surface area contributed by atoms with E-state index < -0.39 is 0 Å². The van der Waals surface area contributed by atoms with E-state index in [4.69, 9.17) is 4.74 Å². The average molecular weight is 171 g/mol. The average Bonchev–Trinajstić information content (AvgIpc) is 1.93. The van der Waals surface area contributed by atoms with Gasteiger partial charge in [-0.15, -0.1) is 0 Å². The standard InChI is InChI=1S/C10H21NO/c1-8(2)10(4-5-12-3)9-6-11-7-9/h8-11H,4-7H2,1-3H3. The van der Waals surface area contributed by atoms with E-state index in [1.54, 1.807) is 7.11 Å². The third-order valence-electron chi connectivity index (χ3n) is 2.93. The predicted octanol–water partition coefficient (Wildman–Crippen LogP) is 1.51. The summed E-state index contributed by atoms with van der Waals surface area (Å²) in [5.41, 5.74) is 0. The molecule has 0 aromatic heterocycles. The van der Waals surface area contributed by atoms with Crippen molar-refractivity contribution in [3.63, 3.8) is 0 Å². The number of hydrogen-bond acceptors (Lipinski definition) is 2. The van der Waals surface area contributed by atoms with Gasteiger partial charge < -0.3 is 10.1 Å². The van der Waals surface area contributed by atoms with E-state index in [2.05, 4.69) is 19.2 Å². The second-order valence-electron chi connectivity index (χ2n) is 4.11. The maximum Gasteiger partial charge on any atom is 0.0465 e. The Kier molecular flexibility index (Phi) is 4.02. The van der Waals surface area contributed by atoms with Gasteiger partial charge in [0.15, 0.2) is 0 Å². The fourth-order valence-corrected chi connectivity index (χ4v) is 1.98. The Morgan fingerprint density at radius 3 is 2.42 bits per heavy atom. The smallest absolute Gasteiger partial charge is 0.0465 e. The first kappa shape index (κ1) is 10.0. The van der Waals surface area contributed by atoms with Gasteiger partial charge >= 0.3 is 0 Å². The van der Waals surface area contributed by atoms with Gasteiger partial charge in [0.05, 0.1) is 0 Å². The molecule has 0 saturated carbocycles. The van der Waals surface area contributed by atoms with E-state index in [1.165, 1.54) is 19.5 Å². The van der Waals surface area contributed by atoms with Crippen molar-refractivity contribution in [1.29, 1.82) is 0 Å². The molecule has 72 valence electrons. The second kappa shape index (κ2) is 4.83. The van der Waals surface area contributed by atoms with Crippen LogP contribution >= 0.6 is 0 Å². The van der Waals surface area contributed by atoms with Gasteiger partial charge in [-0.1, -0.05) is 13.8 Å². The van der Waals surface area contributed by atoms with Crippen LogP contribution in [0.5, 0.6) is 0 Å². The normalized spacial score (nSPS) is 21.0. The molecule has 0 radical (unpaired) electrons. The number of ether oxygens (including phenoxy) is 1. The molecule has 1 fully saturated rings. The monoisotopic (exact) mass is 171 g/mol. The Morgan fingerprint density at radius 2 is 2.08 bits per heavy atom. The van der Waals surface area contributed by atoms with Crippen molar-refractivity contribution >= 4 is 0 Å². The summed E-state index contributed by atoms with van der Waals surface area (Å²) in [5.74, 6) is 2.55. The summed E-state index contributed by atoms with van der Waals surface area (Å²) in [4.78, 5) is 0. The summed E-state index contributed by atoms with van der Waals surface area (Å²) in [6, 6.07) is 0. The van der Waals surface area contributed by atoms with Crippen LogP contribution in [0.3, 0.4) is 0 Å². The molecule has 0 aromatic rings. The Bertz CT molecular complexity index is 121. The maximum atomic E-state index is 5.12. The molecule has 1 heterocycles. The quantitative estimate of drug-likeness (QED) is 0.677. The summed E-state index contributed by atoms with van der Waals surface area (Å²) in [5, 5.41) is 3.33. The van der Waals surface area contributed by atoms with Crippen LogP contribution in [0.4, 0.5) is 0 Å². The third-order valence-corrected chi connectivity index (χ3v) is 2.93. The highest BCUT2D eigenvalue weighted by Gasteiger charge is 2.28. The minimum Gasteiger partial charge on any atom is -0.385 e. The number of methoxy groups -OCH3 is 1. The largest absolute Gasteiger partial charge is 0.385 e. The topological polar surface area (TPSA) is 21.3 Å². The van der Waals surface area contributed by atoms with Crippen molar-refractivity contribution in [1.82, 2.24) is 5.32 Å². The van der Waals surface area contributed by atoms with Gasteiger partial charge in [0, 0.05) is 13.7 Å². The van der Waals surface area contributed by atoms with Gasteiger partial charge in [0.1, 0.15) is 0 Å². The van der Waals surface area contributed by atoms with Crippen molar-refractivity contribution in [2.45, 2.75) is 20.3 Å². The minimum absolute atomic E-state index is 0.798. The lowest BCUT2D eigenvalue weighted by molar-refractivity contribution is 0.115. The molecular weight excluding hydrogens is 150 g/mol. The van der Waals surface area contributed by atoms with E-state index in [9.17, 15) is 0 Å². The molecule has 2 heteroatoms. The van der Waals surface area contributed by atoms with Crippen LogP contribution in [0.1, 0.15) is 20.3 Å². The zero-order chi connectivity index (χ0) is 8.97. The number of hydrogen-bond donors (Lipinski definition) is 1. The Morgan fingerprint density at radius 1 is 1.42 bits per heavy atom. The first-order valence-electron chi connectivity index (χ1n) is 4.95. The lowest BCUT2D eigenvalue weighted by Crippen LogP contribution is -2.47. The van der Waals surface area contributed by atoms with Crippen LogP contribution < -0.4 is 5.32 Å². The highest BCUT2D eigenvalue weighted by Crippen LogP contribution is 2.27. The summed E-state index contributed by atoms with van der Waals surface area (Å²) < 4.78 is 5.12. The van der Waals surface area contributed by atoms with E-state index in [1.807, 2.05) is 0 Å². The molecule has 0 aromatic carbocycles. The molecular formula is C10H21NO. The Hall–Kier alpha value is -0.0800. The third kappa shape index (κ3) is 2.46. The van der Waals surface area contributed by atoms with Crippen LogP contribution in [-0.4, -0.2) is 26.8 Å². The fourth-order valence-electron chi connectivity index (χ4n) is 1.98. The van der Waals surface area contributed by atoms with Crippen molar-refractivity contribution in [3.8, 4) is 0 Å². The maximum absolute atomic E-state index is 5.12. The molecule has 0 bridgehead atoms. The Balaban J connectivity index is 2.27. The van der Waals surface area contributed by atoms with E-state index in [0.29, 0.717) is 0 Å². The molecule has 2 nitrogen and oxygen atoms in total. The summed E-state index contributed by atoms with van der Waals surface area (Å²) in [7, 11) is 1.79. The van der Waals surface area contributed by atoms with Crippen molar-refractivity contribution in [2.24, 2.45) is 17.8 Å². The highest BCUT2D eigenvalue weighted by molar-refractivity contribution is 4.83. The lowest BCUT2D eigenvalue weighted by atomic mass is 9.78. The second-order valence-corrected chi connectivity index (χ2v) is 4.11. The van der Waals surface area contributed by atoms with Gasteiger partial charge in [-0.25, -0.2) is 0 Å². The van der Waals surface area contributed by atoms with Crippen molar-refractivity contribution in [2.75, 3.05) is 26.8 Å². The van der Waals surface area contributed by atoms with Gasteiger partial charge in [-0.05, 0) is 37.3 Å². The first-order valence-corrected chi connectivity index (χ1v) is 4.95. The minimum atomic E-state index is 0.798.